The van der Waals surface area contributed by atoms with Crippen LogP contribution in [0.1, 0.15) is 36.5 Å². The van der Waals surface area contributed by atoms with Crippen molar-refractivity contribution in [1.29, 1.82) is 0 Å². The van der Waals surface area contributed by atoms with E-state index in [0.717, 1.165) is 12.8 Å². The normalized spacial score (nSPS) is 20.6. The molecule has 1 unspecified atom stereocenters. The van der Waals surface area contributed by atoms with Crippen LogP contribution >= 0.6 is 0 Å². The van der Waals surface area contributed by atoms with E-state index in [-0.39, 0.29) is 11.5 Å². The molecule has 1 aliphatic rings. The Kier molecular flexibility index (Phi) is 2.15. The largest absolute Gasteiger partial charge is 0.392 e. The third-order valence-electron chi connectivity index (χ3n) is 3.73. The number of aryl methyl sites for hydroxylation is 1. The van der Waals surface area contributed by atoms with Crippen LogP contribution in [0.3, 0.4) is 0 Å². The van der Waals surface area contributed by atoms with E-state index in [0.29, 0.717) is 0 Å². The zero-order valence-corrected chi connectivity index (χ0v) is 9.17. The van der Waals surface area contributed by atoms with Gasteiger partial charge in [-0.1, -0.05) is 18.2 Å². The molecular weight excluding hydrogens is 172 g/mol. The van der Waals surface area contributed by atoms with Gasteiger partial charge in [0.15, 0.2) is 0 Å². The third-order valence-corrected chi connectivity index (χ3v) is 3.73. The zero-order chi connectivity index (χ0) is 10.3. The van der Waals surface area contributed by atoms with Crippen LogP contribution in [0.15, 0.2) is 18.2 Å². The lowest BCUT2D eigenvalue weighted by Gasteiger charge is -2.22. The molecule has 1 saturated carbocycles. The van der Waals surface area contributed by atoms with Gasteiger partial charge < -0.3 is 5.11 Å². The highest BCUT2D eigenvalue weighted by Gasteiger charge is 2.49. The van der Waals surface area contributed by atoms with E-state index in [2.05, 4.69) is 32.0 Å². The smallest absolute Gasteiger partial charge is 0.0608 e. The van der Waals surface area contributed by atoms with Crippen molar-refractivity contribution in [2.45, 2.75) is 45.1 Å². The number of hydrogen-bond donors (Lipinski definition) is 1. The first-order chi connectivity index (χ1) is 6.58. The Labute approximate surface area is 85.8 Å². The highest BCUT2D eigenvalue weighted by Crippen LogP contribution is 2.52. The lowest BCUT2D eigenvalue weighted by Crippen LogP contribution is -2.23. The first kappa shape index (κ1) is 9.72. The zero-order valence-electron chi connectivity index (χ0n) is 9.17. The minimum absolute atomic E-state index is 0.0795. The molecule has 1 aromatic rings. The first-order valence-electron chi connectivity index (χ1n) is 5.33. The second-order valence-electron chi connectivity index (χ2n) is 4.58. The van der Waals surface area contributed by atoms with Crippen LogP contribution in [0, 0.1) is 13.8 Å². The van der Waals surface area contributed by atoms with Crippen molar-refractivity contribution < 1.29 is 5.11 Å². The predicted octanol–water partition coefficient (Wildman–Crippen LogP) is 2.72. The molecule has 0 spiro atoms. The highest BCUT2D eigenvalue weighted by atomic mass is 16.3. The Morgan fingerprint density at radius 1 is 1.29 bits per heavy atom. The molecule has 1 heteroatoms. The fourth-order valence-electron chi connectivity index (χ4n) is 2.34. The van der Waals surface area contributed by atoms with Gasteiger partial charge in [0.1, 0.15) is 0 Å². The number of aliphatic hydroxyl groups excluding tert-OH is 1. The Balaban J connectivity index is 2.47. The number of aliphatic hydroxyl groups is 1. The van der Waals surface area contributed by atoms with Gasteiger partial charge in [-0.2, -0.15) is 0 Å². The standard InChI is InChI=1S/C13H18O/c1-9-5-4-6-12(10(9)2)13(7-8-13)11(3)14/h4-6,11,14H,7-8H2,1-3H3. The average Bonchev–Trinajstić information content (AvgIpc) is 2.90. The van der Waals surface area contributed by atoms with Gasteiger partial charge in [0.25, 0.3) is 0 Å². The summed E-state index contributed by atoms with van der Waals surface area (Å²) >= 11 is 0. The molecule has 0 amide bonds. The van der Waals surface area contributed by atoms with Gasteiger partial charge in [-0.25, -0.2) is 0 Å². The van der Waals surface area contributed by atoms with Crippen molar-refractivity contribution in [1.82, 2.24) is 0 Å². The summed E-state index contributed by atoms with van der Waals surface area (Å²) in [5.41, 5.74) is 4.11. The lowest BCUT2D eigenvalue weighted by molar-refractivity contribution is 0.150. The van der Waals surface area contributed by atoms with E-state index in [4.69, 9.17) is 0 Å². The van der Waals surface area contributed by atoms with Crippen molar-refractivity contribution in [2.75, 3.05) is 0 Å². The van der Waals surface area contributed by atoms with Crippen molar-refractivity contribution >= 4 is 0 Å². The van der Waals surface area contributed by atoms with Crippen molar-refractivity contribution in [3.63, 3.8) is 0 Å². The summed E-state index contributed by atoms with van der Waals surface area (Å²) in [4.78, 5) is 0. The van der Waals surface area contributed by atoms with Crippen LogP contribution in [0.5, 0.6) is 0 Å². The van der Waals surface area contributed by atoms with Crippen LogP contribution in [0.25, 0.3) is 0 Å². The van der Waals surface area contributed by atoms with E-state index in [9.17, 15) is 5.11 Å². The Morgan fingerprint density at radius 3 is 2.43 bits per heavy atom. The number of hydrogen-bond acceptors (Lipinski definition) is 1. The molecule has 0 aliphatic heterocycles. The van der Waals surface area contributed by atoms with Gasteiger partial charge >= 0.3 is 0 Å². The topological polar surface area (TPSA) is 20.2 Å². The van der Waals surface area contributed by atoms with E-state index in [1.807, 2.05) is 6.92 Å². The SMILES string of the molecule is Cc1cccc(C2(C(C)O)CC2)c1C. The molecule has 0 aromatic heterocycles. The third kappa shape index (κ3) is 1.27. The molecule has 1 aromatic carbocycles. The van der Waals surface area contributed by atoms with Crippen LogP contribution in [-0.2, 0) is 5.41 Å². The molecule has 1 nitrogen and oxygen atoms in total. The number of benzene rings is 1. The summed E-state index contributed by atoms with van der Waals surface area (Å²) in [5, 5.41) is 9.81. The van der Waals surface area contributed by atoms with Gasteiger partial charge in [0.2, 0.25) is 0 Å². The molecule has 0 radical (unpaired) electrons. The van der Waals surface area contributed by atoms with Gasteiger partial charge in [0.05, 0.1) is 6.10 Å². The second-order valence-corrected chi connectivity index (χ2v) is 4.58. The minimum Gasteiger partial charge on any atom is -0.392 e. The van der Waals surface area contributed by atoms with Crippen LogP contribution in [0.2, 0.25) is 0 Å². The van der Waals surface area contributed by atoms with E-state index < -0.39 is 0 Å². The molecule has 1 N–H and O–H groups in total. The fourth-order valence-corrected chi connectivity index (χ4v) is 2.34. The molecular formula is C13H18O. The van der Waals surface area contributed by atoms with Crippen LogP contribution in [0.4, 0.5) is 0 Å². The van der Waals surface area contributed by atoms with Gasteiger partial charge in [-0.05, 0) is 50.3 Å². The molecule has 1 fully saturated rings. The van der Waals surface area contributed by atoms with Crippen molar-refractivity contribution in [2.24, 2.45) is 0 Å². The van der Waals surface area contributed by atoms with E-state index in [1.165, 1.54) is 16.7 Å². The van der Waals surface area contributed by atoms with Crippen LogP contribution in [-0.4, -0.2) is 11.2 Å². The quantitative estimate of drug-likeness (QED) is 0.760. The minimum atomic E-state index is -0.219. The summed E-state index contributed by atoms with van der Waals surface area (Å²) in [5.74, 6) is 0. The average molecular weight is 190 g/mol. The maximum Gasteiger partial charge on any atom is 0.0608 e. The summed E-state index contributed by atoms with van der Waals surface area (Å²) in [6.45, 7) is 6.21. The van der Waals surface area contributed by atoms with E-state index >= 15 is 0 Å². The maximum atomic E-state index is 9.81. The Morgan fingerprint density at radius 2 is 1.93 bits per heavy atom. The van der Waals surface area contributed by atoms with Gasteiger partial charge in [-0.15, -0.1) is 0 Å². The lowest BCUT2D eigenvalue weighted by atomic mass is 9.86. The molecule has 1 atom stereocenters. The van der Waals surface area contributed by atoms with E-state index in [1.54, 1.807) is 0 Å². The maximum absolute atomic E-state index is 9.81. The first-order valence-corrected chi connectivity index (χ1v) is 5.33. The van der Waals surface area contributed by atoms with Crippen molar-refractivity contribution in [3.05, 3.63) is 34.9 Å². The Bertz CT molecular complexity index is 348. The molecule has 1 aliphatic carbocycles. The fraction of sp³-hybridized carbons (Fsp3) is 0.538. The molecule has 0 saturated heterocycles. The summed E-state index contributed by atoms with van der Waals surface area (Å²) in [6.07, 6.45) is 2.05. The second kappa shape index (κ2) is 3.09. The molecule has 14 heavy (non-hydrogen) atoms. The number of rotatable bonds is 2. The molecule has 0 bridgehead atoms. The molecule has 0 heterocycles. The molecule has 2 rings (SSSR count). The Hall–Kier alpha value is -0.820. The monoisotopic (exact) mass is 190 g/mol. The predicted molar refractivity (Wildman–Crippen MR) is 58.5 cm³/mol. The summed E-state index contributed by atoms with van der Waals surface area (Å²) in [6, 6.07) is 6.40. The highest BCUT2D eigenvalue weighted by molar-refractivity contribution is 5.42. The van der Waals surface area contributed by atoms with Crippen LogP contribution < -0.4 is 0 Å². The van der Waals surface area contributed by atoms with Gasteiger partial charge in [0, 0.05) is 5.41 Å². The molecule has 76 valence electrons. The summed E-state index contributed by atoms with van der Waals surface area (Å²) in [7, 11) is 0. The van der Waals surface area contributed by atoms with Gasteiger partial charge in [-0.3, -0.25) is 0 Å². The van der Waals surface area contributed by atoms with Crippen molar-refractivity contribution in [3.8, 4) is 0 Å². The summed E-state index contributed by atoms with van der Waals surface area (Å²) < 4.78 is 0.